The van der Waals surface area contributed by atoms with Gasteiger partial charge in [-0.1, -0.05) is 6.92 Å². The number of aromatic nitrogens is 4. The van der Waals surface area contributed by atoms with E-state index < -0.39 is 0 Å². The summed E-state index contributed by atoms with van der Waals surface area (Å²) in [6, 6.07) is 0.526. The van der Waals surface area contributed by atoms with Crippen molar-refractivity contribution in [1.29, 1.82) is 0 Å². The molecule has 5 heteroatoms. The van der Waals surface area contributed by atoms with Gasteiger partial charge in [0.05, 0.1) is 12.1 Å². The van der Waals surface area contributed by atoms with E-state index in [0.717, 1.165) is 18.8 Å². The van der Waals surface area contributed by atoms with Gasteiger partial charge < -0.3 is 5.32 Å². The smallest absolute Gasteiger partial charge is 0.168 e. The van der Waals surface area contributed by atoms with E-state index in [0.29, 0.717) is 6.04 Å². The lowest BCUT2D eigenvalue weighted by Gasteiger charge is -2.14. The van der Waals surface area contributed by atoms with Gasteiger partial charge in [0.2, 0.25) is 0 Å². The molecule has 14 heavy (non-hydrogen) atoms. The summed E-state index contributed by atoms with van der Waals surface area (Å²) in [5.74, 6) is 0.911. The molecule has 1 atom stereocenters. The standard InChI is InChI=1S/C9H19N5/c1-5-6-10-8(4)9-11-12-13-14(9)7(2)3/h7-8,10H,5-6H2,1-4H3. The molecule has 0 saturated carbocycles. The normalized spacial score (nSPS) is 13.5. The van der Waals surface area contributed by atoms with Gasteiger partial charge in [-0.3, -0.25) is 0 Å². The Kier molecular flexibility index (Phi) is 4.00. The summed E-state index contributed by atoms with van der Waals surface area (Å²) in [6.07, 6.45) is 1.12. The fourth-order valence-electron chi connectivity index (χ4n) is 1.31. The SMILES string of the molecule is CCCNC(C)c1nnnn1C(C)C. The summed E-state index contributed by atoms with van der Waals surface area (Å²) in [7, 11) is 0. The van der Waals surface area contributed by atoms with Crippen molar-refractivity contribution < 1.29 is 0 Å². The summed E-state index contributed by atoms with van der Waals surface area (Å²) in [5.41, 5.74) is 0. The zero-order valence-corrected chi connectivity index (χ0v) is 9.36. The van der Waals surface area contributed by atoms with Crippen LogP contribution in [0.25, 0.3) is 0 Å². The number of rotatable bonds is 5. The van der Waals surface area contributed by atoms with Gasteiger partial charge in [0.25, 0.3) is 0 Å². The molecule has 0 aromatic carbocycles. The highest BCUT2D eigenvalue weighted by Gasteiger charge is 2.14. The molecule has 1 heterocycles. The zero-order valence-electron chi connectivity index (χ0n) is 9.36. The van der Waals surface area contributed by atoms with Crippen LogP contribution < -0.4 is 5.32 Å². The van der Waals surface area contributed by atoms with Gasteiger partial charge in [-0.05, 0) is 44.2 Å². The molecular formula is C9H19N5. The monoisotopic (exact) mass is 197 g/mol. The molecule has 1 aromatic rings. The first-order valence-electron chi connectivity index (χ1n) is 5.18. The van der Waals surface area contributed by atoms with Gasteiger partial charge in [0.1, 0.15) is 0 Å². The van der Waals surface area contributed by atoms with Crippen molar-refractivity contribution in [2.45, 2.75) is 46.2 Å². The quantitative estimate of drug-likeness (QED) is 0.773. The van der Waals surface area contributed by atoms with Crippen LogP contribution in [0.2, 0.25) is 0 Å². The fraction of sp³-hybridized carbons (Fsp3) is 0.889. The van der Waals surface area contributed by atoms with E-state index in [4.69, 9.17) is 0 Å². The van der Waals surface area contributed by atoms with Gasteiger partial charge >= 0.3 is 0 Å². The molecule has 0 aliphatic carbocycles. The number of nitrogens with one attached hydrogen (secondary N) is 1. The van der Waals surface area contributed by atoms with Crippen LogP contribution in [0.15, 0.2) is 0 Å². The number of tetrazole rings is 1. The summed E-state index contributed by atoms with van der Waals surface area (Å²) < 4.78 is 1.85. The van der Waals surface area contributed by atoms with Gasteiger partial charge in [-0.25, -0.2) is 4.68 Å². The summed E-state index contributed by atoms with van der Waals surface area (Å²) in [5, 5.41) is 15.1. The summed E-state index contributed by atoms with van der Waals surface area (Å²) in [6.45, 7) is 9.37. The third-order valence-corrected chi connectivity index (χ3v) is 2.10. The van der Waals surface area contributed by atoms with Crippen LogP contribution >= 0.6 is 0 Å². The molecule has 0 amide bonds. The lowest BCUT2D eigenvalue weighted by atomic mass is 10.3. The molecule has 1 N–H and O–H groups in total. The summed E-state index contributed by atoms with van der Waals surface area (Å²) in [4.78, 5) is 0. The number of hydrogen-bond donors (Lipinski definition) is 1. The number of hydrogen-bond acceptors (Lipinski definition) is 4. The van der Waals surface area contributed by atoms with Gasteiger partial charge in [0, 0.05) is 0 Å². The molecule has 0 aliphatic rings. The minimum Gasteiger partial charge on any atom is -0.307 e. The van der Waals surface area contributed by atoms with Crippen molar-refractivity contribution in [3.8, 4) is 0 Å². The van der Waals surface area contributed by atoms with E-state index >= 15 is 0 Å². The van der Waals surface area contributed by atoms with Crippen LogP contribution in [0.5, 0.6) is 0 Å². The van der Waals surface area contributed by atoms with E-state index in [-0.39, 0.29) is 6.04 Å². The highest BCUT2D eigenvalue weighted by atomic mass is 15.6. The van der Waals surface area contributed by atoms with Crippen molar-refractivity contribution >= 4 is 0 Å². The van der Waals surface area contributed by atoms with Crippen LogP contribution in [0.1, 0.15) is 52.0 Å². The Labute approximate surface area is 84.9 Å². The third kappa shape index (κ3) is 2.51. The molecule has 0 aliphatic heterocycles. The molecule has 80 valence electrons. The van der Waals surface area contributed by atoms with E-state index in [1.54, 1.807) is 0 Å². The second-order valence-corrected chi connectivity index (χ2v) is 3.75. The molecule has 1 rings (SSSR count). The molecule has 0 saturated heterocycles. The van der Waals surface area contributed by atoms with Crippen LogP contribution in [0.3, 0.4) is 0 Å². The third-order valence-electron chi connectivity index (χ3n) is 2.10. The Morgan fingerprint density at radius 2 is 2.07 bits per heavy atom. The van der Waals surface area contributed by atoms with E-state index in [2.05, 4.69) is 48.5 Å². The van der Waals surface area contributed by atoms with Crippen LogP contribution in [-0.2, 0) is 0 Å². The Morgan fingerprint density at radius 3 is 2.64 bits per heavy atom. The Hall–Kier alpha value is -0.970. The van der Waals surface area contributed by atoms with Crippen molar-refractivity contribution in [2.75, 3.05) is 6.54 Å². The molecule has 1 unspecified atom stereocenters. The van der Waals surface area contributed by atoms with Crippen molar-refractivity contribution in [2.24, 2.45) is 0 Å². The molecule has 0 radical (unpaired) electrons. The Balaban J connectivity index is 2.68. The van der Waals surface area contributed by atoms with E-state index in [1.165, 1.54) is 0 Å². The van der Waals surface area contributed by atoms with Crippen molar-refractivity contribution in [1.82, 2.24) is 25.5 Å². The minimum atomic E-state index is 0.215. The average molecular weight is 197 g/mol. The molecule has 0 bridgehead atoms. The van der Waals surface area contributed by atoms with Gasteiger partial charge in [-0.2, -0.15) is 0 Å². The molecule has 1 aromatic heterocycles. The topological polar surface area (TPSA) is 55.6 Å². The largest absolute Gasteiger partial charge is 0.307 e. The first kappa shape index (κ1) is 11.1. The lowest BCUT2D eigenvalue weighted by molar-refractivity contribution is 0.448. The molecular weight excluding hydrogens is 178 g/mol. The second-order valence-electron chi connectivity index (χ2n) is 3.75. The van der Waals surface area contributed by atoms with Crippen molar-refractivity contribution in [3.63, 3.8) is 0 Å². The second kappa shape index (κ2) is 5.05. The summed E-state index contributed by atoms with van der Waals surface area (Å²) >= 11 is 0. The first-order chi connectivity index (χ1) is 6.66. The fourth-order valence-corrected chi connectivity index (χ4v) is 1.31. The molecule has 0 fully saturated rings. The predicted octanol–water partition coefficient (Wildman–Crippen LogP) is 1.31. The predicted molar refractivity (Wildman–Crippen MR) is 54.9 cm³/mol. The highest BCUT2D eigenvalue weighted by Crippen LogP contribution is 2.11. The van der Waals surface area contributed by atoms with Crippen molar-refractivity contribution in [3.05, 3.63) is 5.82 Å². The lowest BCUT2D eigenvalue weighted by Crippen LogP contribution is -2.23. The molecule has 5 nitrogen and oxygen atoms in total. The van der Waals surface area contributed by atoms with Crippen LogP contribution in [0.4, 0.5) is 0 Å². The first-order valence-corrected chi connectivity index (χ1v) is 5.18. The number of nitrogens with zero attached hydrogens (tertiary/aromatic N) is 4. The van der Waals surface area contributed by atoms with Crippen LogP contribution in [0, 0.1) is 0 Å². The van der Waals surface area contributed by atoms with Gasteiger partial charge in [-0.15, -0.1) is 5.10 Å². The van der Waals surface area contributed by atoms with Crippen LogP contribution in [-0.4, -0.2) is 26.8 Å². The van der Waals surface area contributed by atoms with E-state index in [9.17, 15) is 0 Å². The highest BCUT2D eigenvalue weighted by molar-refractivity contribution is 4.90. The maximum Gasteiger partial charge on any atom is 0.168 e. The minimum absolute atomic E-state index is 0.215. The maximum atomic E-state index is 4.03. The zero-order chi connectivity index (χ0) is 10.6. The Morgan fingerprint density at radius 1 is 1.36 bits per heavy atom. The Bertz CT molecular complexity index is 268. The van der Waals surface area contributed by atoms with Gasteiger partial charge in [0.15, 0.2) is 5.82 Å². The molecule has 0 spiro atoms. The average Bonchev–Trinajstić information content (AvgIpc) is 2.62. The van der Waals surface area contributed by atoms with E-state index in [1.807, 2.05) is 4.68 Å². The maximum absolute atomic E-state index is 4.03.